The highest BCUT2D eigenvalue weighted by Gasteiger charge is 2.27. The van der Waals surface area contributed by atoms with Crippen LogP contribution in [0.5, 0.6) is 0 Å². The quantitative estimate of drug-likeness (QED) is 0.436. The lowest BCUT2D eigenvalue weighted by molar-refractivity contribution is -0.128. The van der Waals surface area contributed by atoms with Gasteiger partial charge in [0.1, 0.15) is 5.69 Å². The summed E-state index contributed by atoms with van der Waals surface area (Å²) < 4.78 is 5.51. The number of aromatic nitrogens is 2. The van der Waals surface area contributed by atoms with E-state index in [1.165, 1.54) is 0 Å². The summed E-state index contributed by atoms with van der Waals surface area (Å²) >= 11 is 0. The third-order valence-electron chi connectivity index (χ3n) is 7.24. The number of fused-ring (bicyclic) bond motifs is 1. The second kappa shape index (κ2) is 11.1. The molecule has 0 radical (unpaired) electrons. The Morgan fingerprint density at radius 2 is 1.92 bits per heavy atom. The highest BCUT2D eigenvalue weighted by atomic mass is 16.5. The molecule has 0 bridgehead atoms. The van der Waals surface area contributed by atoms with E-state index in [9.17, 15) is 15.0 Å². The molecule has 2 amide bonds. The van der Waals surface area contributed by atoms with Gasteiger partial charge in [-0.25, -0.2) is 0 Å². The zero-order valence-electron chi connectivity index (χ0n) is 21.7. The first kappa shape index (κ1) is 25.5. The average Bonchev–Trinajstić information content (AvgIpc) is 2.96. The molecule has 0 spiro atoms. The van der Waals surface area contributed by atoms with Gasteiger partial charge < -0.3 is 20.3 Å². The van der Waals surface area contributed by atoms with Crippen LogP contribution in [0.2, 0.25) is 0 Å². The first-order valence-electron chi connectivity index (χ1n) is 12.9. The van der Waals surface area contributed by atoms with Gasteiger partial charge in [-0.1, -0.05) is 18.2 Å². The van der Waals surface area contributed by atoms with Crippen LogP contribution in [0.25, 0.3) is 22.0 Å². The number of carbonyl (C=O) groups excluding carboxylic acids is 2. The number of benzene rings is 1. The molecule has 9 heteroatoms. The van der Waals surface area contributed by atoms with Crippen LogP contribution in [0.1, 0.15) is 42.2 Å². The lowest BCUT2D eigenvalue weighted by Gasteiger charge is -2.34. The summed E-state index contributed by atoms with van der Waals surface area (Å²) in [7, 11) is 1.57. The predicted molar refractivity (Wildman–Crippen MR) is 146 cm³/mol. The number of carbonyl (C=O) groups is 2. The maximum absolute atomic E-state index is 12.2. The summed E-state index contributed by atoms with van der Waals surface area (Å²) in [6.45, 7) is 4.10. The van der Waals surface area contributed by atoms with E-state index in [2.05, 4.69) is 20.6 Å². The molecule has 9 nitrogen and oxygen atoms in total. The predicted octanol–water partition coefficient (Wildman–Crippen LogP) is 3.30. The molecule has 0 atom stereocenters. The lowest BCUT2D eigenvalue weighted by atomic mass is 9.92. The van der Waals surface area contributed by atoms with E-state index in [1.54, 1.807) is 37.3 Å². The Morgan fingerprint density at radius 1 is 1.11 bits per heavy atom. The van der Waals surface area contributed by atoms with Crippen LogP contribution in [-0.2, 0) is 9.53 Å². The van der Waals surface area contributed by atoms with Gasteiger partial charge in [0.05, 0.1) is 11.4 Å². The van der Waals surface area contributed by atoms with Gasteiger partial charge in [0, 0.05) is 92.9 Å². The summed E-state index contributed by atoms with van der Waals surface area (Å²) in [5, 5.41) is 17.3. The van der Waals surface area contributed by atoms with Gasteiger partial charge in [-0.2, -0.15) is 0 Å². The van der Waals surface area contributed by atoms with E-state index in [0.29, 0.717) is 37.0 Å². The first-order chi connectivity index (χ1) is 18.4. The molecule has 196 valence electrons. The molecule has 0 unspecified atom stereocenters. The summed E-state index contributed by atoms with van der Waals surface area (Å²) in [4.78, 5) is 34.8. The molecule has 1 aromatic carbocycles. The molecule has 0 aliphatic carbocycles. The Labute approximate surface area is 221 Å². The van der Waals surface area contributed by atoms with Gasteiger partial charge in [-0.05, 0) is 36.4 Å². The van der Waals surface area contributed by atoms with Gasteiger partial charge >= 0.3 is 0 Å². The van der Waals surface area contributed by atoms with Crippen molar-refractivity contribution in [2.45, 2.75) is 32.2 Å². The number of rotatable bonds is 6. The fourth-order valence-corrected chi connectivity index (χ4v) is 5.03. The number of pyridine rings is 2. The lowest BCUT2D eigenvalue weighted by Crippen LogP contribution is -2.43. The SMILES string of the molecule is CNC(=O)c1ccc(-c2cc3cccc(C(=N)C4=C(NC5CCOCC5)CCN(C(C)=O)C4)c3cn2)cn1. The van der Waals surface area contributed by atoms with E-state index in [-0.39, 0.29) is 11.8 Å². The van der Waals surface area contributed by atoms with E-state index < -0.39 is 0 Å². The minimum atomic E-state index is -0.239. The molecule has 2 aromatic heterocycles. The number of hydrogen-bond donors (Lipinski definition) is 3. The Morgan fingerprint density at radius 3 is 2.63 bits per heavy atom. The second-order valence-corrected chi connectivity index (χ2v) is 9.66. The van der Waals surface area contributed by atoms with Crippen molar-refractivity contribution < 1.29 is 14.3 Å². The maximum Gasteiger partial charge on any atom is 0.269 e. The second-order valence-electron chi connectivity index (χ2n) is 9.66. The monoisotopic (exact) mass is 512 g/mol. The van der Waals surface area contributed by atoms with Crippen molar-refractivity contribution in [2.24, 2.45) is 0 Å². The third-order valence-corrected chi connectivity index (χ3v) is 7.24. The molecule has 2 aliphatic rings. The van der Waals surface area contributed by atoms with Crippen molar-refractivity contribution in [3.63, 3.8) is 0 Å². The smallest absolute Gasteiger partial charge is 0.269 e. The zero-order valence-corrected chi connectivity index (χ0v) is 21.7. The molecular formula is C29H32N6O3. The van der Waals surface area contributed by atoms with Crippen molar-refractivity contribution in [2.75, 3.05) is 33.4 Å². The molecule has 3 aromatic rings. The molecule has 1 fully saturated rings. The molecule has 3 N–H and O–H groups in total. The van der Waals surface area contributed by atoms with Crippen LogP contribution in [0.15, 0.2) is 60.1 Å². The Bertz CT molecular complexity index is 1410. The maximum atomic E-state index is 12.2. The van der Waals surface area contributed by atoms with E-state index >= 15 is 0 Å². The first-order valence-corrected chi connectivity index (χ1v) is 12.9. The third kappa shape index (κ3) is 5.28. The van der Waals surface area contributed by atoms with Crippen molar-refractivity contribution in [1.29, 1.82) is 5.41 Å². The van der Waals surface area contributed by atoms with Crippen LogP contribution in [-0.4, -0.2) is 71.8 Å². The normalized spacial score (nSPS) is 16.4. The number of amides is 2. The largest absolute Gasteiger partial charge is 0.385 e. The minimum Gasteiger partial charge on any atom is -0.385 e. The number of ether oxygens (including phenoxy) is 1. The molecule has 2 aliphatic heterocycles. The molecule has 1 saturated heterocycles. The van der Waals surface area contributed by atoms with Gasteiger partial charge in [-0.3, -0.25) is 25.0 Å². The minimum absolute atomic E-state index is 0.0145. The highest BCUT2D eigenvalue weighted by molar-refractivity contribution is 6.18. The molecule has 0 saturated carbocycles. The molecular weight excluding hydrogens is 480 g/mol. The van der Waals surface area contributed by atoms with E-state index in [1.807, 2.05) is 30.3 Å². The standard InChI is InChI=1S/C29H32N6O3/c1-18(36)35-11-8-25(34-21-9-12-38-13-10-21)24(17-35)28(30)22-5-3-4-19-14-27(33-16-23(19)22)20-6-7-26(32-15-20)29(37)31-2/h3-7,14-16,21,30,34H,8-13,17H2,1-2H3,(H,31,37). The highest BCUT2D eigenvalue weighted by Crippen LogP contribution is 2.28. The Hall–Kier alpha value is -4.11. The van der Waals surface area contributed by atoms with Crippen LogP contribution in [0, 0.1) is 5.41 Å². The fraction of sp³-hybridized carbons (Fsp3) is 0.345. The van der Waals surface area contributed by atoms with Gasteiger partial charge in [0.2, 0.25) is 5.91 Å². The Balaban J connectivity index is 1.48. The van der Waals surface area contributed by atoms with Crippen molar-refractivity contribution >= 4 is 28.3 Å². The summed E-state index contributed by atoms with van der Waals surface area (Å²) in [6, 6.07) is 11.7. The molecule has 5 rings (SSSR count). The van der Waals surface area contributed by atoms with Gasteiger partial charge in [0.15, 0.2) is 0 Å². The number of nitrogens with one attached hydrogen (secondary N) is 3. The molecule has 38 heavy (non-hydrogen) atoms. The van der Waals surface area contributed by atoms with Crippen LogP contribution < -0.4 is 10.6 Å². The average molecular weight is 513 g/mol. The summed E-state index contributed by atoms with van der Waals surface area (Å²) in [5.74, 6) is -0.224. The van der Waals surface area contributed by atoms with E-state index in [4.69, 9.17) is 4.74 Å². The van der Waals surface area contributed by atoms with Crippen LogP contribution in [0.4, 0.5) is 0 Å². The number of nitrogens with zero attached hydrogens (tertiary/aromatic N) is 3. The Kier molecular flexibility index (Phi) is 7.46. The van der Waals surface area contributed by atoms with Gasteiger partial charge in [-0.15, -0.1) is 0 Å². The van der Waals surface area contributed by atoms with Crippen LogP contribution >= 0.6 is 0 Å². The van der Waals surface area contributed by atoms with E-state index in [0.717, 1.165) is 64.9 Å². The zero-order chi connectivity index (χ0) is 26.6. The number of hydrogen-bond acceptors (Lipinski definition) is 7. The fourth-order valence-electron chi connectivity index (χ4n) is 5.03. The summed E-state index contributed by atoms with van der Waals surface area (Å²) in [5.41, 5.74) is 4.96. The van der Waals surface area contributed by atoms with Crippen LogP contribution in [0.3, 0.4) is 0 Å². The van der Waals surface area contributed by atoms with Gasteiger partial charge in [0.25, 0.3) is 5.91 Å². The topological polar surface area (TPSA) is 120 Å². The van der Waals surface area contributed by atoms with Crippen molar-refractivity contribution in [1.82, 2.24) is 25.5 Å². The summed E-state index contributed by atoms with van der Waals surface area (Å²) in [6.07, 6.45) is 5.99. The molecule has 4 heterocycles. The van der Waals surface area contributed by atoms with Crippen molar-refractivity contribution in [3.8, 4) is 11.3 Å². The van der Waals surface area contributed by atoms with Crippen molar-refractivity contribution in [3.05, 3.63) is 71.3 Å².